The van der Waals surface area contributed by atoms with Crippen molar-refractivity contribution in [1.29, 1.82) is 0 Å². The molecule has 1 N–H and O–H groups in total. The molecule has 0 saturated heterocycles. The van der Waals surface area contributed by atoms with Crippen LogP contribution >= 0.6 is 0 Å². The summed E-state index contributed by atoms with van der Waals surface area (Å²) in [5.74, 6) is -0.0444. The quantitative estimate of drug-likeness (QED) is 0.857. The lowest BCUT2D eigenvalue weighted by molar-refractivity contribution is 0.385. The number of hydrogen-bond donors (Lipinski definition) is 1. The molecule has 1 unspecified atom stereocenters. The van der Waals surface area contributed by atoms with Gasteiger partial charge in [-0.05, 0) is 42.2 Å². The monoisotopic (exact) mass is 287 g/mol. The van der Waals surface area contributed by atoms with Gasteiger partial charge < -0.3 is 10.1 Å². The topological polar surface area (TPSA) is 21.3 Å². The molecule has 0 radical (unpaired) electrons. The molecule has 0 aliphatic rings. The fraction of sp³-hybridized carbons (Fsp3) is 0.333. The van der Waals surface area contributed by atoms with Gasteiger partial charge in [0.1, 0.15) is 0 Å². The zero-order valence-electron chi connectivity index (χ0n) is 12.8. The average molecular weight is 287 g/mol. The Bertz CT molecular complexity index is 580. The Kier molecular flexibility index (Phi) is 5.34. The van der Waals surface area contributed by atoms with E-state index in [0.29, 0.717) is 0 Å². The van der Waals surface area contributed by atoms with Gasteiger partial charge in [0.05, 0.1) is 7.11 Å². The molecule has 0 aliphatic heterocycles. The predicted molar refractivity (Wildman–Crippen MR) is 84.0 cm³/mol. The minimum absolute atomic E-state index is 0.0799. The van der Waals surface area contributed by atoms with Crippen LogP contribution in [0.15, 0.2) is 42.5 Å². The summed E-state index contributed by atoms with van der Waals surface area (Å²) >= 11 is 0. The van der Waals surface area contributed by atoms with Gasteiger partial charge in [-0.1, -0.05) is 37.3 Å². The van der Waals surface area contributed by atoms with Crippen molar-refractivity contribution in [3.05, 3.63) is 65.0 Å². The van der Waals surface area contributed by atoms with Crippen molar-refractivity contribution in [3.63, 3.8) is 0 Å². The molecular weight excluding hydrogens is 265 g/mol. The van der Waals surface area contributed by atoms with E-state index >= 15 is 0 Å². The van der Waals surface area contributed by atoms with Crippen LogP contribution in [0.25, 0.3) is 0 Å². The lowest BCUT2D eigenvalue weighted by atomic mass is 10.1. The summed E-state index contributed by atoms with van der Waals surface area (Å²) < 4.78 is 18.6. The molecule has 2 rings (SSSR count). The van der Waals surface area contributed by atoms with Crippen molar-refractivity contribution in [1.82, 2.24) is 5.32 Å². The van der Waals surface area contributed by atoms with Gasteiger partial charge in [-0.25, -0.2) is 4.39 Å². The minimum Gasteiger partial charge on any atom is -0.494 e. The second kappa shape index (κ2) is 7.23. The Morgan fingerprint density at radius 1 is 1.10 bits per heavy atom. The largest absolute Gasteiger partial charge is 0.494 e. The number of benzene rings is 2. The first-order valence-corrected chi connectivity index (χ1v) is 7.28. The van der Waals surface area contributed by atoms with E-state index in [1.165, 1.54) is 24.3 Å². The summed E-state index contributed by atoms with van der Waals surface area (Å²) in [6, 6.07) is 13.7. The first kappa shape index (κ1) is 15.5. The fourth-order valence-electron chi connectivity index (χ4n) is 2.23. The zero-order valence-corrected chi connectivity index (χ0v) is 12.8. The Morgan fingerprint density at radius 2 is 1.76 bits per heavy atom. The SMILES string of the molecule is CCc1ccc(CNC(C)c2ccc(OC)c(F)c2)cc1. The second-order valence-electron chi connectivity index (χ2n) is 5.17. The maximum atomic E-state index is 13.7. The van der Waals surface area contributed by atoms with Crippen molar-refractivity contribution in [3.8, 4) is 5.75 Å². The van der Waals surface area contributed by atoms with Crippen LogP contribution in [-0.4, -0.2) is 7.11 Å². The molecule has 3 heteroatoms. The number of methoxy groups -OCH3 is 1. The maximum Gasteiger partial charge on any atom is 0.165 e. The Morgan fingerprint density at radius 3 is 2.33 bits per heavy atom. The van der Waals surface area contributed by atoms with Gasteiger partial charge >= 0.3 is 0 Å². The normalized spacial score (nSPS) is 12.2. The molecule has 0 amide bonds. The molecule has 0 spiro atoms. The molecule has 2 aromatic rings. The van der Waals surface area contributed by atoms with Crippen molar-refractivity contribution in [2.24, 2.45) is 0 Å². The first-order valence-electron chi connectivity index (χ1n) is 7.28. The highest BCUT2D eigenvalue weighted by Gasteiger charge is 2.09. The molecule has 1 atom stereocenters. The highest BCUT2D eigenvalue weighted by Crippen LogP contribution is 2.22. The average Bonchev–Trinajstić information content (AvgIpc) is 2.53. The van der Waals surface area contributed by atoms with Gasteiger partial charge in [0, 0.05) is 12.6 Å². The van der Waals surface area contributed by atoms with Crippen LogP contribution < -0.4 is 10.1 Å². The van der Waals surface area contributed by atoms with Gasteiger partial charge in [-0.15, -0.1) is 0 Å². The van der Waals surface area contributed by atoms with Crippen LogP contribution in [-0.2, 0) is 13.0 Å². The van der Waals surface area contributed by atoms with E-state index < -0.39 is 0 Å². The number of ether oxygens (including phenoxy) is 1. The summed E-state index contributed by atoms with van der Waals surface area (Å²) in [5, 5.41) is 3.41. The predicted octanol–water partition coefficient (Wildman–Crippen LogP) is 4.25. The van der Waals surface area contributed by atoms with Crippen LogP contribution in [0.3, 0.4) is 0 Å². The van der Waals surface area contributed by atoms with E-state index in [9.17, 15) is 4.39 Å². The summed E-state index contributed by atoms with van der Waals surface area (Å²) in [6.07, 6.45) is 1.05. The highest BCUT2D eigenvalue weighted by atomic mass is 19.1. The third-order valence-corrected chi connectivity index (χ3v) is 3.72. The summed E-state index contributed by atoms with van der Waals surface area (Å²) in [6.45, 7) is 4.94. The molecule has 0 fully saturated rings. The Balaban J connectivity index is 1.97. The van der Waals surface area contributed by atoms with Crippen molar-refractivity contribution in [2.75, 3.05) is 7.11 Å². The van der Waals surface area contributed by atoms with Gasteiger partial charge in [-0.3, -0.25) is 0 Å². The fourth-order valence-corrected chi connectivity index (χ4v) is 2.23. The number of hydrogen-bond acceptors (Lipinski definition) is 2. The molecule has 0 aromatic heterocycles. The first-order chi connectivity index (χ1) is 10.1. The number of nitrogens with one attached hydrogen (secondary N) is 1. The lowest BCUT2D eigenvalue weighted by Gasteiger charge is -2.15. The number of halogens is 1. The third kappa shape index (κ3) is 4.05. The Hall–Kier alpha value is -1.87. The van der Waals surface area contributed by atoms with E-state index in [4.69, 9.17) is 4.74 Å². The van der Waals surface area contributed by atoms with Crippen molar-refractivity contribution < 1.29 is 9.13 Å². The molecule has 0 saturated carbocycles. The molecule has 2 nitrogen and oxygen atoms in total. The van der Waals surface area contributed by atoms with Gasteiger partial charge in [0.2, 0.25) is 0 Å². The van der Waals surface area contributed by atoms with E-state index in [-0.39, 0.29) is 17.6 Å². The smallest absolute Gasteiger partial charge is 0.165 e. The van der Waals surface area contributed by atoms with Crippen LogP contribution in [0.4, 0.5) is 4.39 Å². The lowest BCUT2D eigenvalue weighted by Crippen LogP contribution is -2.18. The number of rotatable bonds is 6. The zero-order chi connectivity index (χ0) is 15.2. The molecular formula is C18H22FNO. The van der Waals surface area contributed by atoms with E-state index in [2.05, 4.69) is 36.5 Å². The molecule has 2 aromatic carbocycles. The standard InChI is InChI=1S/C18H22FNO/c1-4-14-5-7-15(8-6-14)12-20-13(2)16-9-10-18(21-3)17(19)11-16/h5-11,13,20H,4,12H2,1-3H3. The Labute approximate surface area is 126 Å². The molecule has 0 heterocycles. The second-order valence-corrected chi connectivity index (χ2v) is 5.17. The van der Waals surface area contributed by atoms with E-state index in [1.54, 1.807) is 6.07 Å². The summed E-state index contributed by atoms with van der Waals surface area (Å²) in [5.41, 5.74) is 3.48. The highest BCUT2D eigenvalue weighted by molar-refractivity contribution is 5.31. The van der Waals surface area contributed by atoms with Crippen LogP contribution in [0.2, 0.25) is 0 Å². The maximum absolute atomic E-state index is 13.7. The van der Waals surface area contributed by atoms with Crippen molar-refractivity contribution >= 4 is 0 Å². The molecule has 0 bridgehead atoms. The van der Waals surface area contributed by atoms with Gasteiger partial charge in [0.25, 0.3) is 0 Å². The van der Waals surface area contributed by atoms with E-state index in [1.807, 2.05) is 13.0 Å². The van der Waals surface area contributed by atoms with Crippen molar-refractivity contribution in [2.45, 2.75) is 32.9 Å². The minimum atomic E-state index is -0.323. The molecule has 21 heavy (non-hydrogen) atoms. The number of aryl methyl sites for hydroxylation is 1. The molecule has 0 aliphatic carbocycles. The van der Waals surface area contributed by atoms with Crippen LogP contribution in [0.1, 0.15) is 36.6 Å². The third-order valence-electron chi connectivity index (χ3n) is 3.72. The van der Waals surface area contributed by atoms with Gasteiger partial charge in [0.15, 0.2) is 11.6 Å². The molecule has 112 valence electrons. The summed E-state index contributed by atoms with van der Waals surface area (Å²) in [7, 11) is 1.47. The van der Waals surface area contributed by atoms with Gasteiger partial charge in [-0.2, -0.15) is 0 Å². The van der Waals surface area contributed by atoms with E-state index in [0.717, 1.165) is 18.5 Å². The van der Waals surface area contributed by atoms with Crippen LogP contribution in [0, 0.1) is 5.82 Å². The van der Waals surface area contributed by atoms with Crippen LogP contribution in [0.5, 0.6) is 5.75 Å². The summed E-state index contributed by atoms with van der Waals surface area (Å²) in [4.78, 5) is 0.